The highest BCUT2D eigenvalue weighted by molar-refractivity contribution is 7.12. The second kappa shape index (κ2) is 7.67. The van der Waals surface area contributed by atoms with E-state index in [4.69, 9.17) is 5.11 Å². The molecule has 2 heterocycles. The fourth-order valence-electron chi connectivity index (χ4n) is 2.01. The van der Waals surface area contributed by atoms with Crippen molar-refractivity contribution < 1.29 is 14.7 Å². The Balaban J connectivity index is 1.86. The van der Waals surface area contributed by atoms with E-state index in [2.05, 4.69) is 22.1 Å². The molecule has 8 heteroatoms. The zero-order chi connectivity index (χ0) is 17.0. The molecule has 1 atom stereocenters. The second-order valence-corrected chi connectivity index (χ2v) is 7.06. The molecule has 124 valence electrons. The number of nitrogens with zero attached hydrogens (tertiary/aromatic N) is 2. The topological polar surface area (TPSA) is 82.5 Å². The van der Waals surface area contributed by atoms with Gasteiger partial charge in [-0.05, 0) is 32.3 Å². The normalized spacial score (nSPS) is 12.3. The first-order valence-electron chi connectivity index (χ1n) is 7.11. The Morgan fingerprint density at radius 3 is 2.78 bits per heavy atom. The van der Waals surface area contributed by atoms with Gasteiger partial charge in [-0.1, -0.05) is 0 Å². The standard InChI is InChI=1S/C15H19N3O3S2/c1-9-8-23-14(16-9)10(2)18(3)6-4-12(19)17-11-5-7-22-13(11)15(20)21/h5,7-8,10H,4,6H2,1-3H3,(H,17,19)(H,20,21). The number of thiophene rings is 1. The summed E-state index contributed by atoms with van der Waals surface area (Å²) in [7, 11) is 1.95. The molecule has 6 nitrogen and oxygen atoms in total. The number of hydrogen-bond donors (Lipinski definition) is 2. The van der Waals surface area contributed by atoms with Gasteiger partial charge < -0.3 is 10.4 Å². The summed E-state index contributed by atoms with van der Waals surface area (Å²) in [6, 6.07) is 1.74. The van der Waals surface area contributed by atoms with Gasteiger partial charge in [-0.3, -0.25) is 9.69 Å². The van der Waals surface area contributed by atoms with Crippen LogP contribution in [0.2, 0.25) is 0 Å². The minimum Gasteiger partial charge on any atom is -0.477 e. The number of thiazole rings is 1. The minimum atomic E-state index is -1.03. The molecule has 2 rings (SSSR count). The molecule has 0 aliphatic rings. The first kappa shape index (κ1) is 17.6. The molecule has 0 saturated heterocycles. The zero-order valence-electron chi connectivity index (χ0n) is 13.2. The van der Waals surface area contributed by atoms with E-state index in [0.29, 0.717) is 18.7 Å². The van der Waals surface area contributed by atoms with E-state index in [1.165, 1.54) is 0 Å². The van der Waals surface area contributed by atoms with E-state index in [-0.39, 0.29) is 16.8 Å². The van der Waals surface area contributed by atoms with Crippen LogP contribution in [0.15, 0.2) is 16.8 Å². The average Bonchev–Trinajstić information content (AvgIpc) is 3.13. The number of nitrogens with one attached hydrogen (secondary N) is 1. The fourth-order valence-corrected chi connectivity index (χ4v) is 3.61. The van der Waals surface area contributed by atoms with Crippen molar-refractivity contribution in [3.8, 4) is 0 Å². The second-order valence-electron chi connectivity index (χ2n) is 5.25. The lowest BCUT2D eigenvalue weighted by molar-refractivity contribution is -0.116. The summed E-state index contributed by atoms with van der Waals surface area (Å²) >= 11 is 2.71. The van der Waals surface area contributed by atoms with Gasteiger partial charge in [0, 0.05) is 24.0 Å². The van der Waals surface area contributed by atoms with Crippen molar-refractivity contribution in [3.05, 3.63) is 32.4 Å². The van der Waals surface area contributed by atoms with Gasteiger partial charge in [0.15, 0.2) is 0 Å². The van der Waals surface area contributed by atoms with E-state index in [1.54, 1.807) is 22.8 Å². The van der Waals surface area contributed by atoms with Crippen LogP contribution in [-0.2, 0) is 4.79 Å². The van der Waals surface area contributed by atoms with Crippen LogP contribution in [0.1, 0.15) is 39.8 Å². The number of amides is 1. The molecule has 0 radical (unpaired) electrons. The summed E-state index contributed by atoms with van der Waals surface area (Å²) in [6.45, 7) is 4.58. The number of hydrogen-bond acceptors (Lipinski definition) is 6. The van der Waals surface area contributed by atoms with Crippen molar-refractivity contribution >= 4 is 40.2 Å². The van der Waals surface area contributed by atoms with Gasteiger partial charge >= 0.3 is 5.97 Å². The van der Waals surface area contributed by atoms with Crippen LogP contribution in [-0.4, -0.2) is 40.5 Å². The summed E-state index contributed by atoms with van der Waals surface area (Å²) in [5.74, 6) is -1.22. The number of carbonyl (C=O) groups excluding carboxylic acids is 1. The molecule has 0 aliphatic carbocycles. The van der Waals surface area contributed by atoms with Gasteiger partial charge in [0.25, 0.3) is 0 Å². The number of anilines is 1. The maximum atomic E-state index is 12.0. The predicted octanol–water partition coefficient (Wildman–Crippen LogP) is 3.23. The molecule has 0 fully saturated rings. The van der Waals surface area contributed by atoms with Gasteiger partial charge in [-0.25, -0.2) is 9.78 Å². The van der Waals surface area contributed by atoms with Crippen molar-refractivity contribution in [1.82, 2.24) is 9.88 Å². The van der Waals surface area contributed by atoms with Crippen molar-refractivity contribution in [1.29, 1.82) is 0 Å². The highest BCUT2D eigenvalue weighted by Crippen LogP contribution is 2.24. The number of carboxylic acids is 1. The van der Waals surface area contributed by atoms with Gasteiger partial charge in [-0.15, -0.1) is 22.7 Å². The summed E-state index contributed by atoms with van der Waals surface area (Å²) in [5.41, 5.74) is 1.36. The number of aromatic nitrogens is 1. The molecule has 2 N–H and O–H groups in total. The van der Waals surface area contributed by atoms with Crippen molar-refractivity contribution in [2.24, 2.45) is 0 Å². The van der Waals surface area contributed by atoms with E-state index in [0.717, 1.165) is 22.0 Å². The molecule has 0 spiro atoms. The van der Waals surface area contributed by atoms with Gasteiger partial charge in [0.2, 0.25) is 5.91 Å². The molecule has 23 heavy (non-hydrogen) atoms. The largest absolute Gasteiger partial charge is 0.477 e. The van der Waals surface area contributed by atoms with Crippen molar-refractivity contribution in [3.63, 3.8) is 0 Å². The quantitative estimate of drug-likeness (QED) is 0.798. The first-order chi connectivity index (χ1) is 10.9. The van der Waals surface area contributed by atoms with Crippen LogP contribution in [0, 0.1) is 6.92 Å². The van der Waals surface area contributed by atoms with Gasteiger partial charge in [0.05, 0.1) is 11.7 Å². The van der Waals surface area contributed by atoms with E-state index >= 15 is 0 Å². The van der Waals surface area contributed by atoms with Gasteiger partial charge in [0.1, 0.15) is 9.88 Å². The SMILES string of the molecule is Cc1csc(C(C)N(C)CCC(=O)Nc2ccsc2C(=O)O)n1. The Morgan fingerprint density at radius 2 is 2.17 bits per heavy atom. The lowest BCUT2D eigenvalue weighted by atomic mass is 10.2. The maximum Gasteiger partial charge on any atom is 0.348 e. The molecular weight excluding hydrogens is 334 g/mol. The third-order valence-electron chi connectivity index (χ3n) is 3.48. The Morgan fingerprint density at radius 1 is 1.43 bits per heavy atom. The van der Waals surface area contributed by atoms with E-state index < -0.39 is 5.97 Å². The molecule has 1 amide bonds. The maximum absolute atomic E-state index is 12.0. The molecule has 2 aromatic rings. The number of rotatable bonds is 7. The lowest BCUT2D eigenvalue weighted by Gasteiger charge is -2.22. The minimum absolute atomic E-state index is 0.136. The van der Waals surface area contributed by atoms with Gasteiger partial charge in [-0.2, -0.15) is 0 Å². The van der Waals surface area contributed by atoms with Crippen LogP contribution >= 0.6 is 22.7 Å². The summed E-state index contributed by atoms with van der Waals surface area (Å²) in [4.78, 5) is 29.7. The van der Waals surface area contributed by atoms with Crippen LogP contribution < -0.4 is 5.32 Å². The Kier molecular flexibility index (Phi) is 5.86. The number of carboxylic acid groups (broad SMARTS) is 1. The highest BCUT2D eigenvalue weighted by Gasteiger charge is 2.17. The smallest absolute Gasteiger partial charge is 0.348 e. The number of aromatic carboxylic acids is 1. The van der Waals surface area contributed by atoms with Crippen molar-refractivity contribution in [2.45, 2.75) is 26.3 Å². The van der Waals surface area contributed by atoms with Crippen LogP contribution in [0.5, 0.6) is 0 Å². The molecule has 0 bridgehead atoms. The lowest BCUT2D eigenvalue weighted by Crippen LogP contribution is -2.27. The number of carbonyl (C=O) groups is 2. The van der Waals surface area contributed by atoms with Crippen LogP contribution in [0.4, 0.5) is 5.69 Å². The van der Waals surface area contributed by atoms with Crippen LogP contribution in [0.3, 0.4) is 0 Å². The fraction of sp³-hybridized carbons (Fsp3) is 0.400. The monoisotopic (exact) mass is 353 g/mol. The third kappa shape index (κ3) is 4.60. The first-order valence-corrected chi connectivity index (χ1v) is 8.87. The molecule has 1 unspecified atom stereocenters. The summed E-state index contributed by atoms with van der Waals surface area (Å²) < 4.78 is 0. The van der Waals surface area contributed by atoms with Crippen molar-refractivity contribution in [2.75, 3.05) is 18.9 Å². The molecule has 0 aliphatic heterocycles. The Bertz CT molecular complexity index is 696. The highest BCUT2D eigenvalue weighted by atomic mass is 32.1. The molecule has 0 aromatic carbocycles. The van der Waals surface area contributed by atoms with Crippen LogP contribution in [0.25, 0.3) is 0 Å². The molecular formula is C15H19N3O3S2. The zero-order valence-corrected chi connectivity index (χ0v) is 14.8. The molecule has 2 aromatic heterocycles. The predicted molar refractivity (Wildman–Crippen MR) is 92.4 cm³/mol. The average molecular weight is 353 g/mol. The van der Waals surface area contributed by atoms with E-state index in [1.807, 2.05) is 19.4 Å². The van der Waals surface area contributed by atoms with E-state index in [9.17, 15) is 9.59 Å². The third-order valence-corrected chi connectivity index (χ3v) is 5.52. The molecule has 0 saturated carbocycles. The Labute approximate surface area is 142 Å². The number of aryl methyl sites for hydroxylation is 1. The Hall–Kier alpha value is -1.77. The summed E-state index contributed by atoms with van der Waals surface area (Å²) in [6.07, 6.45) is 0.292. The summed E-state index contributed by atoms with van der Waals surface area (Å²) in [5, 5.41) is 16.4.